The third-order valence-corrected chi connectivity index (χ3v) is 2.60. The van der Waals surface area contributed by atoms with Gasteiger partial charge in [0.05, 0.1) is 11.7 Å². The fourth-order valence-corrected chi connectivity index (χ4v) is 1.64. The minimum atomic E-state index is -0.335. The highest BCUT2D eigenvalue weighted by molar-refractivity contribution is 4.88. The van der Waals surface area contributed by atoms with E-state index in [-0.39, 0.29) is 11.7 Å². The summed E-state index contributed by atoms with van der Waals surface area (Å²) in [6.07, 6.45) is 5.17. The Balaban J connectivity index is 2.38. The Hall–Kier alpha value is -0.340. The Kier molecular flexibility index (Phi) is 3.29. The number of aliphatic hydroxyl groups excluding tert-OH is 1. The van der Waals surface area contributed by atoms with Crippen LogP contribution in [0, 0.1) is 0 Å². The van der Waals surface area contributed by atoms with Gasteiger partial charge in [0.25, 0.3) is 0 Å². The largest absolute Gasteiger partial charge is 0.390 e. The van der Waals surface area contributed by atoms with Crippen LogP contribution in [0.5, 0.6) is 0 Å². The molecule has 1 heterocycles. The lowest BCUT2D eigenvalue weighted by atomic mass is 9.92. The summed E-state index contributed by atoms with van der Waals surface area (Å²) < 4.78 is 5.51. The van der Waals surface area contributed by atoms with Gasteiger partial charge in [-0.15, -0.1) is 6.58 Å². The van der Waals surface area contributed by atoms with Crippen molar-refractivity contribution in [2.75, 3.05) is 6.61 Å². The van der Waals surface area contributed by atoms with E-state index < -0.39 is 0 Å². The first kappa shape index (κ1) is 9.75. The second-order valence-electron chi connectivity index (χ2n) is 3.65. The van der Waals surface area contributed by atoms with Gasteiger partial charge in [0, 0.05) is 6.61 Å². The molecule has 0 aromatic carbocycles. The molecule has 1 rings (SSSR count). The van der Waals surface area contributed by atoms with E-state index in [0.717, 1.165) is 32.3 Å². The molecule has 12 heavy (non-hydrogen) atoms. The third-order valence-electron chi connectivity index (χ3n) is 2.60. The van der Waals surface area contributed by atoms with E-state index in [9.17, 15) is 5.11 Å². The summed E-state index contributed by atoms with van der Waals surface area (Å²) in [6, 6.07) is 0. The molecule has 1 aliphatic heterocycles. The fourth-order valence-electron chi connectivity index (χ4n) is 1.64. The van der Waals surface area contributed by atoms with Gasteiger partial charge in [-0.05, 0) is 32.6 Å². The van der Waals surface area contributed by atoms with E-state index >= 15 is 0 Å². The highest BCUT2D eigenvalue weighted by Gasteiger charge is 2.36. The fraction of sp³-hybridized carbons (Fsp3) is 0.800. The molecule has 0 spiro atoms. The van der Waals surface area contributed by atoms with Crippen LogP contribution in [0.3, 0.4) is 0 Å². The lowest BCUT2D eigenvalue weighted by Crippen LogP contribution is -2.38. The average molecular weight is 170 g/mol. The summed E-state index contributed by atoms with van der Waals surface area (Å²) in [6.45, 7) is 6.42. The van der Waals surface area contributed by atoms with E-state index in [2.05, 4.69) is 6.58 Å². The molecule has 1 fully saturated rings. The van der Waals surface area contributed by atoms with Crippen molar-refractivity contribution in [3.63, 3.8) is 0 Å². The van der Waals surface area contributed by atoms with Crippen molar-refractivity contribution in [2.24, 2.45) is 0 Å². The summed E-state index contributed by atoms with van der Waals surface area (Å²) >= 11 is 0. The molecule has 2 heteroatoms. The molecule has 2 atom stereocenters. The molecule has 2 unspecified atom stereocenters. The maximum absolute atomic E-state index is 9.77. The molecule has 0 amide bonds. The van der Waals surface area contributed by atoms with Crippen LogP contribution in [0.15, 0.2) is 12.7 Å². The van der Waals surface area contributed by atoms with Gasteiger partial charge >= 0.3 is 0 Å². The Labute approximate surface area is 74.2 Å². The van der Waals surface area contributed by atoms with Gasteiger partial charge in [0.15, 0.2) is 0 Å². The van der Waals surface area contributed by atoms with Crippen LogP contribution in [-0.2, 0) is 4.74 Å². The molecule has 0 bridgehead atoms. The number of rotatable bonds is 4. The maximum Gasteiger partial charge on any atom is 0.0913 e. The van der Waals surface area contributed by atoms with Crippen molar-refractivity contribution < 1.29 is 9.84 Å². The quantitative estimate of drug-likeness (QED) is 0.653. The van der Waals surface area contributed by atoms with Gasteiger partial charge < -0.3 is 9.84 Å². The highest BCUT2D eigenvalue weighted by atomic mass is 16.5. The first-order valence-electron chi connectivity index (χ1n) is 4.62. The predicted molar refractivity (Wildman–Crippen MR) is 49.0 cm³/mol. The number of hydrogen-bond donors (Lipinski definition) is 1. The summed E-state index contributed by atoms with van der Waals surface area (Å²) in [7, 11) is 0. The van der Waals surface area contributed by atoms with Crippen molar-refractivity contribution in [1.82, 2.24) is 0 Å². The second kappa shape index (κ2) is 4.06. The van der Waals surface area contributed by atoms with Crippen LogP contribution in [0.2, 0.25) is 0 Å². The van der Waals surface area contributed by atoms with Crippen LogP contribution in [0.25, 0.3) is 0 Å². The van der Waals surface area contributed by atoms with Gasteiger partial charge in [-0.1, -0.05) is 6.08 Å². The van der Waals surface area contributed by atoms with Crippen molar-refractivity contribution >= 4 is 0 Å². The topological polar surface area (TPSA) is 29.5 Å². The van der Waals surface area contributed by atoms with Gasteiger partial charge in [-0.2, -0.15) is 0 Å². The molecule has 1 aliphatic rings. The van der Waals surface area contributed by atoms with Crippen LogP contribution >= 0.6 is 0 Å². The van der Waals surface area contributed by atoms with Gasteiger partial charge in [-0.3, -0.25) is 0 Å². The molecule has 0 aromatic rings. The van der Waals surface area contributed by atoms with Crippen LogP contribution in [0.1, 0.15) is 32.6 Å². The molecule has 1 saturated heterocycles. The van der Waals surface area contributed by atoms with E-state index in [0.29, 0.717) is 0 Å². The van der Waals surface area contributed by atoms with Crippen molar-refractivity contribution in [3.8, 4) is 0 Å². The summed E-state index contributed by atoms with van der Waals surface area (Å²) in [5, 5.41) is 9.77. The third kappa shape index (κ3) is 2.08. The molecular formula is C10H18O2. The average Bonchev–Trinajstić information content (AvgIpc) is 2.49. The zero-order chi connectivity index (χ0) is 9.03. The number of aliphatic hydroxyl groups is 1. The number of hydrogen-bond acceptors (Lipinski definition) is 2. The lowest BCUT2D eigenvalue weighted by Gasteiger charge is -2.28. The van der Waals surface area contributed by atoms with Crippen molar-refractivity contribution in [2.45, 2.75) is 44.3 Å². The SMILES string of the molecule is C=CCCC(O)C1(C)CCCO1. The van der Waals surface area contributed by atoms with Gasteiger partial charge in [-0.25, -0.2) is 0 Å². The zero-order valence-corrected chi connectivity index (χ0v) is 7.75. The Morgan fingerprint density at radius 3 is 3.00 bits per heavy atom. The Morgan fingerprint density at radius 1 is 1.75 bits per heavy atom. The van der Waals surface area contributed by atoms with Crippen LogP contribution in [-0.4, -0.2) is 23.4 Å². The van der Waals surface area contributed by atoms with Gasteiger partial charge in [0.2, 0.25) is 0 Å². The summed E-state index contributed by atoms with van der Waals surface area (Å²) in [4.78, 5) is 0. The molecule has 0 aromatic heterocycles. The molecule has 0 saturated carbocycles. The smallest absolute Gasteiger partial charge is 0.0913 e. The molecular weight excluding hydrogens is 152 g/mol. The Bertz CT molecular complexity index is 148. The zero-order valence-electron chi connectivity index (χ0n) is 7.75. The normalized spacial score (nSPS) is 31.8. The van der Waals surface area contributed by atoms with E-state index in [4.69, 9.17) is 4.74 Å². The minimum absolute atomic E-state index is 0.289. The lowest BCUT2D eigenvalue weighted by molar-refractivity contribution is -0.0798. The van der Waals surface area contributed by atoms with Crippen molar-refractivity contribution in [1.29, 1.82) is 0 Å². The Morgan fingerprint density at radius 2 is 2.50 bits per heavy atom. The monoisotopic (exact) mass is 170 g/mol. The molecule has 0 radical (unpaired) electrons. The summed E-state index contributed by atoms with van der Waals surface area (Å²) in [5.41, 5.74) is -0.289. The first-order valence-corrected chi connectivity index (χ1v) is 4.62. The highest BCUT2D eigenvalue weighted by Crippen LogP contribution is 2.30. The standard InChI is InChI=1S/C10H18O2/c1-3-4-6-9(11)10(2)7-5-8-12-10/h3,9,11H,1,4-8H2,2H3. The summed E-state index contributed by atoms with van der Waals surface area (Å²) in [5.74, 6) is 0. The number of ether oxygens (including phenoxy) is 1. The predicted octanol–water partition coefficient (Wildman–Crippen LogP) is 1.88. The van der Waals surface area contributed by atoms with Crippen LogP contribution < -0.4 is 0 Å². The van der Waals surface area contributed by atoms with E-state index in [1.54, 1.807) is 0 Å². The minimum Gasteiger partial charge on any atom is -0.390 e. The van der Waals surface area contributed by atoms with Gasteiger partial charge in [0.1, 0.15) is 0 Å². The van der Waals surface area contributed by atoms with Crippen LogP contribution in [0.4, 0.5) is 0 Å². The van der Waals surface area contributed by atoms with E-state index in [1.165, 1.54) is 0 Å². The van der Waals surface area contributed by atoms with E-state index in [1.807, 2.05) is 13.0 Å². The number of allylic oxidation sites excluding steroid dienone is 1. The molecule has 70 valence electrons. The molecule has 1 N–H and O–H groups in total. The first-order chi connectivity index (χ1) is 5.69. The van der Waals surface area contributed by atoms with Crippen molar-refractivity contribution in [3.05, 3.63) is 12.7 Å². The molecule has 0 aliphatic carbocycles. The molecule has 2 nitrogen and oxygen atoms in total. The second-order valence-corrected chi connectivity index (χ2v) is 3.65. The maximum atomic E-state index is 9.77.